The summed E-state index contributed by atoms with van der Waals surface area (Å²) in [6.45, 7) is 3.61. The number of methoxy groups -OCH3 is 1. The molecule has 0 aromatic heterocycles. The number of benzene rings is 1. The summed E-state index contributed by atoms with van der Waals surface area (Å²) in [6, 6.07) is 4.81. The summed E-state index contributed by atoms with van der Waals surface area (Å²) in [5.74, 6) is -0.425. The minimum Gasteiger partial charge on any atom is -0.465 e. The molecule has 2 N–H and O–H groups in total. The number of hydrogen-bond donors (Lipinski definition) is 2. The van der Waals surface area contributed by atoms with Gasteiger partial charge in [0.2, 0.25) is 0 Å². The molecule has 5 heteroatoms. The Labute approximate surface area is 106 Å². The minimum atomic E-state index is -0.515. The maximum absolute atomic E-state index is 11.4. The second kappa shape index (κ2) is 5.38. The first kappa shape index (κ1) is 13.8. The highest BCUT2D eigenvalue weighted by Gasteiger charge is 2.18. The van der Waals surface area contributed by atoms with Gasteiger partial charge in [0.25, 0.3) is 0 Å². The predicted molar refractivity (Wildman–Crippen MR) is 67.6 cm³/mol. The van der Waals surface area contributed by atoms with Crippen LogP contribution in [-0.2, 0) is 4.74 Å². The summed E-state index contributed by atoms with van der Waals surface area (Å²) >= 11 is 6.01. The fraction of sp³-hybridized carbons (Fsp3) is 0.417. The Morgan fingerprint density at radius 3 is 2.71 bits per heavy atom. The lowest BCUT2D eigenvalue weighted by atomic mass is 10.1. The zero-order chi connectivity index (χ0) is 13.1. The summed E-state index contributed by atoms with van der Waals surface area (Å²) in [4.78, 5) is 11.4. The van der Waals surface area contributed by atoms with Crippen molar-refractivity contribution in [3.05, 3.63) is 28.8 Å². The van der Waals surface area contributed by atoms with Gasteiger partial charge < -0.3 is 15.2 Å². The van der Waals surface area contributed by atoms with Crippen LogP contribution in [0.25, 0.3) is 0 Å². The third-order valence-electron chi connectivity index (χ3n) is 2.26. The number of anilines is 1. The molecule has 0 aliphatic rings. The average Bonchev–Trinajstić information content (AvgIpc) is 2.30. The van der Waals surface area contributed by atoms with Gasteiger partial charge in [0.15, 0.2) is 0 Å². The van der Waals surface area contributed by atoms with Gasteiger partial charge >= 0.3 is 5.97 Å². The zero-order valence-corrected chi connectivity index (χ0v) is 10.8. The normalized spacial score (nSPS) is 11.1. The maximum Gasteiger partial charge on any atom is 0.337 e. The van der Waals surface area contributed by atoms with Crippen molar-refractivity contribution < 1.29 is 14.6 Å². The van der Waals surface area contributed by atoms with Crippen LogP contribution >= 0.6 is 11.6 Å². The molecule has 1 rings (SSSR count). The van der Waals surface area contributed by atoms with Crippen molar-refractivity contribution in [2.45, 2.75) is 19.4 Å². The van der Waals surface area contributed by atoms with E-state index in [1.165, 1.54) is 7.11 Å². The Balaban J connectivity index is 3.03. The van der Waals surface area contributed by atoms with E-state index in [9.17, 15) is 9.90 Å². The smallest absolute Gasteiger partial charge is 0.337 e. The van der Waals surface area contributed by atoms with Crippen LogP contribution in [0.15, 0.2) is 18.2 Å². The molecule has 0 bridgehead atoms. The fourth-order valence-electron chi connectivity index (χ4n) is 1.27. The monoisotopic (exact) mass is 257 g/mol. The topological polar surface area (TPSA) is 58.6 Å². The SMILES string of the molecule is COC(=O)c1ccc(Cl)c(NC(C)(C)CO)c1. The second-order valence-corrected chi connectivity index (χ2v) is 4.76. The third-order valence-corrected chi connectivity index (χ3v) is 2.59. The van der Waals surface area contributed by atoms with Gasteiger partial charge in [-0.3, -0.25) is 0 Å². The van der Waals surface area contributed by atoms with Crippen molar-refractivity contribution in [3.63, 3.8) is 0 Å². The van der Waals surface area contributed by atoms with Crippen molar-refractivity contribution in [3.8, 4) is 0 Å². The molecular weight excluding hydrogens is 242 g/mol. The summed E-state index contributed by atoms with van der Waals surface area (Å²) in [5, 5.41) is 12.7. The van der Waals surface area contributed by atoms with Crippen LogP contribution in [0.3, 0.4) is 0 Å². The van der Waals surface area contributed by atoms with Crippen molar-refractivity contribution in [1.82, 2.24) is 0 Å². The number of halogens is 1. The van der Waals surface area contributed by atoms with E-state index >= 15 is 0 Å². The summed E-state index contributed by atoms with van der Waals surface area (Å²) < 4.78 is 4.63. The van der Waals surface area contributed by atoms with E-state index in [2.05, 4.69) is 10.1 Å². The van der Waals surface area contributed by atoms with Crippen molar-refractivity contribution in [2.75, 3.05) is 19.0 Å². The summed E-state index contributed by atoms with van der Waals surface area (Å²) in [7, 11) is 1.32. The van der Waals surface area contributed by atoms with Gasteiger partial charge in [0, 0.05) is 0 Å². The van der Waals surface area contributed by atoms with Crippen LogP contribution < -0.4 is 5.32 Å². The van der Waals surface area contributed by atoms with Crippen molar-refractivity contribution in [2.24, 2.45) is 0 Å². The molecule has 94 valence electrons. The van der Waals surface area contributed by atoms with Crippen LogP contribution in [0.5, 0.6) is 0 Å². The van der Waals surface area contributed by atoms with Gasteiger partial charge in [-0.15, -0.1) is 0 Å². The Morgan fingerprint density at radius 1 is 1.53 bits per heavy atom. The Morgan fingerprint density at radius 2 is 2.18 bits per heavy atom. The molecule has 0 saturated carbocycles. The van der Waals surface area contributed by atoms with Crippen LogP contribution in [0, 0.1) is 0 Å². The number of rotatable bonds is 4. The Bertz CT molecular complexity index is 418. The summed E-state index contributed by atoms with van der Waals surface area (Å²) in [5.41, 5.74) is 0.486. The predicted octanol–water partition coefficient (Wildman–Crippen LogP) is 2.31. The quantitative estimate of drug-likeness (QED) is 0.813. The number of aliphatic hydroxyl groups excluding tert-OH is 1. The fourth-order valence-corrected chi connectivity index (χ4v) is 1.43. The number of carbonyl (C=O) groups excluding carboxylic acids is 1. The molecule has 4 nitrogen and oxygen atoms in total. The molecule has 17 heavy (non-hydrogen) atoms. The van der Waals surface area contributed by atoms with Gasteiger partial charge in [-0.05, 0) is 32.0 Å². The lowest BCUT2D eigenvalue weighted by Gasteiger charge is -2.25. The molecule has 0 heterocycles. The zero-order valence-electron chi connectivity index (χ0n) is 10.1. The van der Waals surface area contributed by atoms with Gasteiger partial charge in [-0.2, -0.15) is 0 Å². The second-order valence-electron chi connectivity index (χ2n) is 4.35. The molecule has 0 aliphatic carbocycles. The van der Waals surface area contributed by atoms with E-state index in [4.69, 9.17) is 11.6 Å². The first-order chi connectivity index (χ1) is 7.89. The van der Waals surface area contributed by atoms with E-state index in [1.807, 2.05) is 13.8 Å². The first-order valence-electron chi connectivity index (χ1n) is 5.16. The lowest BCUT2D eigenvalue weighted by Crippen LogP contribution is -2.35. The number of esters is 1. The van der Waals surface area contributed by atoms with E-state index in [0.29, 0.717) is 16.3 Å². The number of aliphatic hydroxyl groups is 1. The number of carbonyl (C=O) groups is 1. The number of hydrogen-bond acceptors (Lipinski definition) is 4. The van der Waals surface area contributed by atoms with Gasteiger partial charge in [0.1, 0.15) is 0 Å². The number of nitrogens with one attached hydrogen (secondary N) is 1. The number of ether oxygens (including phenoxy) is 1. The maximum atomic E-state index is 11.4. The molecular formula is C12H16ClNO3. The van der Waals surface area contributed by atoms with E-state index in [1.54, 1.807) is 18.2 Å². The molecule has 0 fully saturated rings. The molecule has 0 aliphatic heterocycles. The molecule has 0 amide bonds. The minimum absolute atomic E-state index is 0.0498. The van der Waals surface area contributed by atoms with Gasteiger partial charge in [-0.1, -0.05) is 11.6 Å². The highest BCUT2D eigenvalue weighted by atomic mass is 35.5. The van der Waals surface area contributed by atoms with Crippen molar-refractivity contribution in [1.29, 1.82) is 0 Å². The molecule has 0 unspecified atom stereocenters. The molecule has 0 radical (unpaired) electrons. The van der Waals surface area contributed by atoms with Crippen LogP contribution in [0.1, 0.15) is 24.2 Å². The molecule has 0 saturated heterocycles. The molecule has 0 atom stereocenters. The van der Waals surface area contributed by atoms with Crippen LogP contribution in [-0.4, -0.2) is 30.3 Å². The average molecular weight is 258 g/mol. The van der Waals surface area contributed by atoms with Crippen LogP contribution in [0.2, 0.25) is 5.02 Å². The molecule has 1 aromatic rings. The van der Waals surface area contributed by atoms with Gasteiger partial charge in [0.05, 0.1) is 35.5 Å². The first-order valence-corrected chi connectivity index (χ1v) is 5.54. The van der Waals surface area contributed by atoms with E-state index in [0.717, 1.165) is 0 Å². The largest absolute Gasteiger partial charge is 0.465 e. The van der Waals surface area contributed by atoms with Gasteiger partial charge in [-0.25, -0.2) is 4.79 Å². The standard InChI is InChI=1S/C12H16ClNO3/c1-12(2,7-15)14-10-6-8(11(16)17-3)4-5-9(10)13/h4-6,14-15H,7H2,1-3H3. The van der Waals surface area contributed by atoms with Crippen LogP contribution in [0.4, 0.5) is 5.69 Å². The lowest BCUT2D eigenvalue weighted by molar-refractivity contribution is 0.0601. The molecule has 1 aromatic carbocycles. The summed E-state index contributed by atoms with van der Waals surface area (Å²) in [6.07, 6.45) is 0. The highest BCUT2D eigenvalue weighted by Crippen LogP contribution is 2.26. The van der Waals surface area contributed by atoms with E-state index in [-0.39, 0.29) is 6.61 Å². The Kier molecular flexibility index (Phi) is 4.37. The third kappa shape index (κ3) is 3.61. The molecule has 0 spiro atoms. The van der Waals surface area contributed by atoms with E-state index < -0.39 is 11.5 Å². The van der Waals surface area contributed by atoms with Crippen molar-refractivity contribution >= 4 is 23.3 Å². The highest BCUT2D eigenvalue weighted by molar-refractivity contribution is 6.33. The Hall–Kier alpha value is -1.26.